The van der Waals surface area contributed by atoms with Gasteiger partial charge in [0.25, 0.3) is 0 Å². The predicted octanol–water partition coefficient (Wildman–Crippen LogP) is -0.0726. The maximum Gasteiger partial charge on any atom is 0.120 e. The van der Waals surface area contributed by atoms with Gasteiger partial charge < -0.3 is 9.84 Å². The first-order chi connectivity index (χ1) is 6.29. The van der Waals surface area contributed by atoms with Crippen molar-refractivity contribution >= 4 is 0 Å². The van der Waals surface area contributed by atoms with Gasteiger partial charge in [-0.25, -0.2) is 9.07 Å². The van der Waals surface area contributed by atoms with Crippen LogP contribution in [-0.2, 0) is 11.3 Å². The third-order valence-corrected chi connectivity index (χ3v) is 1.61. The highest BCUT2D eigenvalue weighted by molar-refractivity contribution is 4.98. The van der Waals surface area contributed by atoms with Crippen LogP contribution in [-0.4, -0.2) is 40.5 Å². The van der Waals surface area contributed by atoms with Gasteiger partial charge in [-0.1, -0.05) is 5.21 Å². The van der Waals surface area contributed by atoms with E-state index in [2.05, 4.69) is 10.3 Å². The number of nitrogens with zero attached hydrogens (tertiary/aromatic N) is 3. The summed E-state index contributed by atoms with van der Waals surface area (Å²) in [5, 5.41) is 16.7. The van der Waals surface area contributed by atoms with E-state index in [9.17, 15) is 9.50 Å². The number of aryl methyl sites for hydroxylation is 1. The predicted molar refractivity (Wildman–Crippen MR) is 42.8 cm³/mol. The molecule has 74 valence electrons. The number of hydrogen-bond acceptors (Lipinski definition) is 4. The minimum Gasteiger partial charge on any atom is -0.384 e. The first kappa shape index (κ1) is 10.1. The topological polar surface area (TPSA) is 60.2 Å². The molecule has 13 heavy (non-hydrogen) atoms. The molecule has 0 amide bonds. The Balaban J connectivity index is 2.68. The minimum atomic E-state index is -0.799. The minimum absolute atomic E-state index is 0.107. The van der Waals surface area contributed by atoms with Crippen molar-refractivity contribution in [2.45, 2.75) is 12.6 Å². The molecule has 0 aliphatic heterocycles. The highest BCUT2D eigenvalue weighted by atomic mass is 19.1. The van der Waals surface area contributed by atoms with Crippen LogP contribution in [0.2, 0.25) is 0 Å². The van der Waals surface area contributed by atoms with Crippen molar-refractivity contribution in [1.29, 1.82) is 0 Å². The fourth-order valence-corrected chi connectivity index (χ4v) is 1.02. The number of hydrogen-bond donors (Lipinski definition) is 1. The molecule has 0 spiro atoms. The SMILES string of the molecule is COC[C@@H](O)c1cnnn1CCF. The second kappa shape index (κ2) is 4.88. The van der Waals surface area contributed by atoms with Crippen LogP contribution in [0.5, 0.6) is 0 Å². The fraction of sp³-hybridized carbons (Fsp3) is 0.714. The highest BCUT2D eigenvalue weighted by Gasteiger charge is 2.13. The molecule has 0 aromatic carbocycles. The summed E-state index contributed by atoms with van der Waals surface area (Å²) in [4.78, 5) is 0. The van der Waals surface area contributed by atoms with E-state index in [4.69, 9.17) is 4.74 Å². The fourth-order valence-electron chi connectivity index (χ4n) is 1.02. The van der Waals surface area contributed by atoms with Crippen LogP contribution < -0.4 is 0 Å². The zero-order valence-corrected chi connectivity index (χ0v) is 7.35. The Morgan fingerprint density at radius 1 is 1.77 bits per heavy atom. The summed E-state index contributed by atoms with van der Waals surface area (Å²) in [7, 11) is 1.48. The van der Waals surface area contributed by atoms with Crippen LogP contribution in [0.15, 0.2) is 6.20 Å². The van der Waals surface area contributed by atoms with Crippen molar-refractivity contribution in [3.8, 4) is 0 Å². The smallest absolute Gasteiger partial charge is 0.120 e. The average Bonchev–Trinajstić information content (AvgIpc) is 2.54. The number of rotatable bonds is 5. The Labute approximate surface area is 75.1 Å². The van der Waals surface area contributed by atoms with E-state index in [1.165, 1.54) is 18.0 Å². The van der Waals surface area contributed by atoms with Crippen molar-refractivity contribution < 1.29 is 14.2 Å². The van der Waals surface area contributed by atoms with Crippen molar-refractivity contribution in [2.24, 2.45) is 0 Å². The summed E-state index contributed by atoms with van der Waals surface area (Å²) in [5.41, 5.74) is 0.472. The van der Waals surface area contributed by atoms with Gasteiger partial charge in [-0.05, 0) is 0 Å². The van der Waals surface area contributed by atoms with Gasteiger partial charge in [0.2, 0.25) is 0 Å². The lowest BCUT2D eigenvalue weighted by Gasteiger charge is -2.09. The lowest BCUT2D eigenvalue weighted by atomic mass is 10.3. The molecule has 1 aromatic rings. The van der Waals surface area contributed by atoms with Gasteiger partial charge in [0.1, 0.15) is 12.8 Å². The highest BCUT2D eigenvalue weighted by Crippen LogP contribution is 2.10. The molecule has 0 radical (unpaired) electrons. The molecule has 1 rings (SSSR count). The molecule has 5 nitrogen and oxygen atoms in total. The van der Waals surface area contributed by atoms with Crippen molar-refractivity contribution in [2.75, 3.05) is 20.4 Å². The van der Waals surface area contributed by atoms with Gasteiger partial charge in [-0.2, -0.15) is 0 Å². The van der Waals surface area contributed by atoms with Gasteiger partial charge in [0, 0.05) is 7.11 Å². The summed E-state index contributed by atoms with van der Waals surface area (Å²) in [5.74, 6) is 0. The number of halogens is 1. The standard InChI is InChI=1S/C7H12FN3O2/c1-13-5-7(12)6-4-9-10-11(6)3-2-8/h4,7,12H,2-3,5H2,1H3/t7-/m1/s1. The van der Waals surface area contributed by atoms with E-state index in [1.54, 1.807) is 0 Å². The van der Waals surface area contributed by atoms with Crippen LogP contribution >= 0.6 is 0 Å². The Hall–Kier alpha value is -1.01. The van der Waals surface area contributed by atoms with Crippen LogP contribution in [0.1, 0.15) is 11.8 Å². The van der Waals surface area contributed by atoms with Crippen LogP contribution in [0.3, 0.4) is 0 Å². The lowest BCUT2D eigenvalue weighted by Crippen LogP contribution is -2.13. The first-order valence-electron chi connectivity index (χ1n) is 3.91. The van der Waals surface area contributed by atoms with E-state index < -0.39 is 12.8 Å². The number of alkyl halides is 1. The summed E-state index contributed by atoms with van der Waals surface area (Å²) >= 11 is 0. The third-order valence-electron chi connectivity index (χ3n) is 1.61. The third kappa shape index (κ3) is 2.46. The monoisotopic (exact) mass is 189 g/mol. The van der Waals surface area contributed by atoms with Crippen molar-refractivity contribution in [1.82, 2.24) is 15.0 Å². The van der Waals surface area contributed by atoms with E-state index in [1.807, 2.05) is 0 Å². The normalized spacial score (nSPS) is 13.2. The molecule has 6 heteroatoms. The summed E-state index contributed by atoms with van der Waals surface area (Å²) in [6.45, 7) is -0.272. The van der Waals surface area contributed by atoms with E-state index >= 15 is 0 Å². The van der Waals surface area contributed by atoms with Crippen molar-refractivity contribution in [3.63, 3.8) is 0 Å². The van der Waals surface area contributed by atoms with E-state index in [0.29, 0.717) is 5.69 Å². The molecule has 0 saturated heterocycles. The summed E-state index contributed by atoms with van der Waals surface area (Å²) in [6, 6.07) is 0. The number of methoxy groups -OCH3 is 1. The molecule has 0 fully saturated rings. The second-order valence-corrected chi connectivity index (χ2v) is 2.54. The maximum atomic E-state index is 12.0. The van der Waals surface area contributed by atoms with E-state index in [-0.39, 0.29) is 13.2 Å². The summed E-state index contributed by atoms with van der Waals surface area (Å²) < 4.78 is 18.1. The quantitative estimate of drug-likeness (QED) is 0.704. The molecule has 0 bridgehead atoms. The van der Waals surface area contributed by atoms with Crippen LogP contribution in [0.25, 0.3) is 0 Å². The molecule has 0 unspecified atom stereocenters. The average molecular weight is 189 g/mol. The van der Waals surface area contributed by atoms with Gasteiger partial charge in [0.05, 0.1) is 25.0 Å². The molecular weight excluding hydrogens is 177 g/mol. The first-order valence-corrected chi connectivity index (χ1v) is 3.91. The number of aliphatic hydroxyl groups excluding tert-OH is 1. The zero-order chi connectivity index (χ0) is 9.68. The van der Waals surface area contributed by atoms with Gasteiger partial charge in [-0.15, -0.1) is 5.10 Å². The van der Waals surface area contributed by atoms with Gasteiger partial charge in [-0.3, -0.25) is 0 Å². The molecule has 1 N–H and O–H groups in total. The molecule has 1 atom stereocenters. The molecule has 1 heterocycles. The molecular formula is C7H12FN3O2. The van der Waals surface area contributed by atoms with Crippen LogP contribution in [0.4, 0.5) is 4.39 Å². The summed E-state index contributed by atoms with van der Waals surface area (Å²) in [6.07, 6.45) is 0.603. The van der Waals surface area contributed by atoms with Crippen LogP contribution in [0, 0.1) is 0 Å². The van der Waals surface area contributed by atoms with Gasteiger partial charge in [0.15, 0.2) is 0 Å². The number of aliphatic hydroxyl groups is 1. The Kier molecular flexibility index (Phi) is 3.78. The second-order valence-electron chi connectivity index (χ2n) is 2.54. The van der Waals surface area contributed by atoms with Gasteiger partial charge >= 0.3 is 0 Å². The molecule has 0 aliphatic carbocycles. The van der Waals surface area contributed by atoms with Crippen molar-refractivity contribution in [3.05, 3.63) is 11.9 Å². The molecule has 1 aromatic heterocycles. The molecule has 0 aliphatic rings. The maximum absolute atomic E-state index is 12.0. The largest absolute Gasteiger partial charge is 0.384 e. The number of ether oxygens (including phenoxy) is 1. The number of aromatic nitrogens is 3. The molecule has 0 saturated carbocycles. The Morgan fingerprint density at radius 3 is 3.15 bits per heavy atom. The van der Waals surface area contributed by atoms with E-state index in [0.717, 1.165) is 0 Å². The zero-order valence-electron chi connectivity index (χ0n) is 7.35. The lowest BCUT2D eigenvalue weighted by molar-refractivity contribution is 0.0583. The Morgan fingerprint density at radius 2 is 2.54 bits per heavy atom. The Bertz CT molecular complexity index is 254.